The van der Waals surface area contributed by atoms with E-state index < -0.39 is 18.0 Å². The summed E-state index contributed by atoms with van der Waals surface area (Å²) in [7, 11) is 0. The van der Waals surface area contributed by atoms with Gasteiger partial charge in [-0.2, -0.15) is 0 Å². The number of amides is 2. The molecule has 1 N–H and O–H groups in total. The van der Waals surface area contributed by atoms with E-state index in [0.717, 1.165) is 12.0 Å². The Kier molecular flexibility index (Phi) is 7.05. The molecular formula is C24H22ClN3O4S. The van der Waals surface area contributed by atoms with Gasteiger partial charge in [-0.15, -0.1) is 11.3 Å². The number of anilines is 2. The number of halogens is 1. The topological polar surface area (TPSA) is 88.6 Å². The summed E-state index contributed by atoms with van der Waals surface area (Å²) in [4.78, 5) is 43.7. The van der Waals surface area contributed by atoms with Gasteiger partial charge < -0.3 is 10.1 Å². The number of carbonyl (C=O) groups excluding carboxylic acids is 3. The van der Waals surface area contributed by atoms with E-state index in [0.29, 0.717) is 40.1 Å². The summed E-state index contributed by atoms with van der Waals surface area (Å²) < 4.78 is 5.58. The van der Waals surface area contributed by atoms with Crippen LogP contribution in [0.1, 0.15) is 35.8 Å². The molecule has 1 aliphatic rings. The number of ether oxygens (including phenoxy) is 1. The second-order valence-electron chi connectivity index (χ2n) is 7.68. The Hall–Kier alpha value is -3.23. The molecule has 2 heterocycles. The molecule has 7 nitrogen and oxygen atoms in total. The zero-order valence-electron chi connectivity index (χ0n) is 17.9. The second kappa shape index (κ2) is 10.1. The summed E-state index contributed by atoms with van der Waals surface area (Å²) in [6.07, 6.45) is 0.0651. The zero-order chi connectivity index (χ0) is 23.4. The van der Waals surface area contributed by atoms with Gasteiger partial charge in [-0.25, -0.2) is 4.98 Å². The summed E-state index contributed by atoms with van der Waals surface area (Å²) in [6, 6.07) is 14.0. The minimum absolute atomic E-state index is 0.0375. The number of nitrogens with zero attached hydrogens (tertiary/aromatic N) is 2. The van der Waals surface area contributed by atoms with Crippen LogP contribution in [0, 0.1) is 6.92 Å². The van der Waals surface area contributed by atoms with E-state index in [4.69, 9.17) is 16.3 Å². The monoisotopic (exact) mass is 483 g/mol. The highest BCUT2D eigenvalue weighted by atomic mass is 35.5. The zero-order valence-corrected chi connectivity index (χ0v) is 19.5. The van der Waals surface area contributed by atoms with Crippen molar-refractivity contribution in [1.82, 2.24) is 4.98 Å². The quantitative estimate of drug-likeness (QED) is 0.492. The number of rotatable bonds is 7. The van der Waals surface area contributed by atoms with Gasteiger partial charge >= 0.3 is 5.97 Å². The Morgan fingerprint density at radius 3 is 2.73 bits per heavy atom. The molecule has 0 radical (unpaired) electrons. The maximum absolute atomic E-state index is 13.0. The van der Waals surface area contributed by atoms with E-state index in [1.54, 1.807) is 52.7 Å². The minimum Gasteiger partial charge on any atom is -0.447 e. The Morgan fingerprint density at radius 2 is 2.03 bits per heavy atom. The molecule has 33 heavy (non-hydrogen) atoms. The fraction of sp³-hybridized carbons (Fsp3) is 0.250. The van der Waals surface area contributed by atoms with Crippen molar-refractivity contribution in [1.29, 1.82) is 0 Å². The molecule has 1 fully saturated rings. The molecule has 1 unspecified atom stereocenters. The molecule has 0 saturated carbocycles. The highest BCUT2D eigenvalue weighted by Gasteiger charge is 2.27. The van der Waals surface area contributed by atoms with Crippen molar-refractivity contribution in [2.24, 2.45) is 0 Å². The number of aromatic nitrogens is 1. The molecule has 1 aromatic heterocycles. The number of nitrogens with one attached hydrogen (secondary N) is 1. The highest BCUT2D eigenvalue weighted by Crippen LogP contribution is 2.27. The first-order valence-electron chi connectivity index (χ1n) is 10.5. The van der Waals surface area contributed by atoms with E-state index in [1.165, 1.54) is 11.3 Å². The fourth-order valence-corrected chi connectivity index (χ4v) is 4.50. The van der Waals surface area contributed by atoms with Gasteiger partial charge in [0.15, 0.2) is 5.13 Å². The van der Waals surface area contributed by atoms with Gasteiger partial charge in [-0.05, 0) is 31.0 Å². The Morgan fingerprint density at radius 1 is 1.24 bits per heavy atom. The lowest BCUT2D eigenvalue weighted by molar-refractivity contribution is -0.154. The standard InChI is InChI=1S/C24H22ClN3O4S/c1-15-9-10-17(12-19(15)25)26-23(31)22(16-6-3-2-4-7-16)32-21(30)13-18-14-33-24(27-18)28-11-5-8-20(28)29/h2-4,6-7,9-10,12,14,22H,5,8,11,13H2,1H3,(H,26,31). The lowest BCUT2D eigenvalue weighted by Crippen LogP contribution is -2.26. The fourth-order valence-electron chi connectivity index (χ4n) is 3.45. The van der Waals surface area contributed by atoms with Crippen LogP contribution in [0.4, 0.5) is 10.8 Å². The van der Waals surface area contributed by atoms with Crippen molar-refractivity contribution in [2.45, 2.75) is 32.3 Å². The van der Waals surface area contributed by atoms with Gasteiger partial charge in [0.25, 0.3) is 5.91 Å². The third-order valence-electron chi connectivity index (χ3n) is 5.20. The third kappa shape index (κ3) is 5.58. The minimum atomic E-state index is -1.14. The first kappa shape index (κ1) is 22.9. The van der Waals surface area contributed by atoms with Gasteiger partial charge in [0.2, 0.25) is 12.0 Å². The van der Waals surface area contributed by atoms with Gasteiger partial charge in [0.05, 0.1) is 12.1 Å². The van der Waals surface area contributed by atoms with Crippen LogP contribution in [0.15, 0.2) is 53.9 Å². The Balaban J connectivity index is 1.46. The number of hydrogen-bond acceptors (Lipinski definition) is 6. The predicted molar refractivity (Wildman–Crippen MR) is 127 cm³/mol. The molecule has 0 bridgehead atoms. The summed E-state index contributed by atoms with van der Waals surface area (Å²) in [5.74, 6) is -1.04. The van der Waals surface area contributed by atoms with Crippen molar-refractivity contribution < 1.29 is 19.1 Å². The highest BCUT2D eigenvalue weighted by molar-refractivity contribution is 7.14. The van der Waals surface area contributed by atoms with Crippen LogP contribution in [0.25, 0.3) is 0 Å². The average molecular weight is 484 g/mol. The van der Waals surface area contributed by atoms with E-state index in [-0.39, 0.29) is 12.3 Å². The summed E-state index contributed by atoms with van der Waals surface area (Å²) in [5, 5.41) is 5.60. The van der Waals surface area contributed by atoms with Crippen LogP contribution in [0.5, 0.6) is 0 Å². The predicted octanol–water partition coefficient (Wildman–Crippen LogP) is 4.70. The summed E-state index contributed by atoms with van der Waals surface area (Å²) in [5.41, 5.74) is 2.44. The Labute approximate surface area is 200 Å². The SMILES string of the molecule is Cc1ccc(NC(=O)C(OC(=O)Cc2csc(N3CCCC3=O)n2)c2ccccc2)cc1Cl. The molecule has 0 spiro atoms. The van der Waals surface area contributed by atoms with Crippen LogP contribution in [0.2, 0.25) is 5.02 Å². The van der Waals surface area contributed by atoms with Crippen molar-refractivity contribution in [3.63, 3.8) is 0 Å². The molecule has 1 saturated heterocycles. The lowest BCUT2D eigenvalue weighted by atomic mass is 10.1. The van der Waals surface area contributed by atoms with Crippen molar-refractivity contribution in [3.05, 3.63) is 75.8 Å². The normalized spacial score (nSPS) is 14.2. The van der Waals surface area contributed by atoms with E-state index >= 15 is 0 Å². The van der Waals surface area contributed by atoms with Gasteiger partial charge in [0, 0.05) is 34.6 Å². The van der Waals surface area contributed by atoms with Gasteiger partial charge in [0.1, 0.15) is 0 Å². The van der Waals surface area contributed by atoms with Crippen molar-refractivity contribution in [3.8, 4) is 0 Å². The number of hydrogen-bond donors (Lipinski definition) is 1. The largest absolute Gasteiger partial charge is 0.447 e. The third-order valence-corrected chi connectivity index (χ3v) is 6.52. The first-order chi connectivity index (χ1) is 15.9. The van der Waals surface area contributed by atoms with E-state index in [9.17, 15) is 14.4 Å². The molecule has 2 aromatic carbocycles. The first-order valence-corrected chi connectivity index (χ1v) is 11.7. The van der Waals surface area contributed by atoms with Crippen LogP contribution in [-0.4, -0.2) is 29.3 Å². The number of esters is 1. The molecule has 9 heteroatoms. The molecule has 2 amide bonds. The van der Waals surface area contributed by atoms with Crippen LogP contribution in [-0.2, 0) is 25.5 Å². The van der Waals surface area contributed by atoms with Gasteiger partial charge in [-0.1, -0.05) is 48.0 Å². The number of benzene rings is 2. The molecular weight excluding hydrogens is 462 g/mol. The number of carbonyl (C=O) groups is 3. The van der Waals surface area contributed by atoms with E-state index in [1.807, 2.05) is 13.0 Å². The lowest BCUT2D eigenvalue weighted by Gasteiger charge is -2.18. The molecule has 1 atom stereocenters. The average Bonchev–Trinajstić information content (AvgIpc) is 3.43. The van der Waals surface area contributed by atoms with Gasteiger partial charge in [-0.3, -0.25) is 19.3 Å². The summed E-state index contributed by atoms with van der Waals surface area (Å²) >= 11 is 7.47. The molecule has 3 aromatic rings. The Bertz CT molecular complexity index is 1180. The van der Waals surface area contributed by atoms with Crippen LogP contribution in [0.3, 0.4) is 0 Å². The molecule has 4 rings (SSSR count). The number of thiazole rings is 1. The smallest absolute Gasteiger partial charge is 0.313 e. The molecule has 170 valence electrons. The number of aryl methyl sites for hydroxylation is 1. The second-order valence-corrected chi connectivity index (χ2v) is 8.92. The maximum Gasteiger partial charge on any atom is 0.313 e. The summed E-state index contributed by atoms with van der Waals surface area (Å²) in [6.45, 7) is 2.50. The van der Waals surface area contributed by atoms with Crippen molar-refractivity contribution in [2.75, 3.05) is 16.8 Å². The van der Waals surface area contributed by atoms with E-state index in [2.05, 4.69) is 10.3 Å². The van der Waals surface area contributed by atoms with Crippen LogP contribution < -0.4 is 10.2 Å². The molecule has 0 aliphatic carbocycles. The van der Waals surface area contributed by atoms with Crippen LogP contribution >= 0.6 is 22.9 Å². The molecule has 1 aliphatic heterocycles. The van der Waals surface area contributed by atoms with Crippen molar-refractivity contribution >= 4 is 51.5 Å². The maximum atomic E-state index is 13.0.